The van der Waals surface area contributed by atoms with E-state index in [1.807, 2.05) is 25.1 Å². The van der Waals surface area contributed by atoms with Crippen LogP contribution in [-0.4, -0.2) is 41.5 Å². The molecule has 5 heteroatoms. The zero-order valence-electron chi connectivity index (χ0n) is 12.6. The molecule has 1 heterocycles. The highest BCUT2D eigenvalue weighted by atomic mass is 16.4. The number of hydrogen-bond acceptors (Lipinski definition) is 3. The van der Waals surface area contributed by atoms with Gasteiger partial charge in [0.15, 0.2) is 0 Å². The van der Waals surface area contributed by atoms with Crippen LogP contribution in [0.2, 0.25) is 0 Å². The van der Waals surface area contributed by atoms with E-state index in [0.717, 1.165) is 30.6 Å². The second-order valence-corrected chi connectivity index (χ2v) is 5.45. The molecule has 0 saturated heterocycles. The number of aliphatic carboxylic acids is 1. The first-order chi connectivity index (χ1) is 10.0. The molecule has 2 N–H and O–H groups in total. The summed E-state index contributed by atoms with van der Waals surface area (Å²) >= 11 is 0. The summed E-state index contributed by atoms with van der Waals surface area (Å²) in [6.07, 6.45) is 1.89. The lowest BCUT2D eigenvalue weighted by Crippen LogP contribution is -2.37. The minimum absolute atomic E-state index is 0.0776. The van der Waals surface area contributed by atoms with Crippen LogP contribution in [0, 0.1) is 5.92 Å². The van der Waals surface area contributed by atoms with E-state index in [4.69, 9.17) is 5.11 Å². The number of anilines is 1. The summed E-state index contributed by atoms with van der Waals surface area (Å²) in [4.78, 5) is 25.3. The van der Waals surface area contributed by atoms with Gasteiger partial charge in [-0.1, -0.05) is 13.0 Å². The van der Waals surface area contributed by atoms with Gasteiger partial charge in [0.25, 0.3) is 5.91 Å². The third-order valence-corrected chi connectivity index (χ3v) is 3.91. The van der Waals surface area contributed by atoms with Crippen molar-refractivity contribution in [3.63, 3.8) is 0 Å². The minimum atomic E-state index is -0.877. The predicted octanol–water partition coefficient (Wildman–Crippen LogP) is 2.23. The van der Waals surface area contributed by atoms with Crippen LogP contribution in [-0.2, 0) is 11.2 Å². The Morgan fingerprint density at radius 3 is 2.86 bits per heavy atom. The molecule has 0 radical (unpaired) electrons. The van der Waals surface area contributed by atoms with Crippen LogP contribution in [0.1, 0.15) is 36.2 Å². The zero-order chi connectivity index (χ0) is 15.4. The molecule has 1 amide bonds. The number of nitrogens with one attached hydrogen (secondary N) is 1. The number of fused-ring (bicyclic) bond motifs is 1. The third-order valence-electron chi connectivity index (χ3n) is 3.91. The van der Waals surface area contributed by atoms with Crippen molar-refractivity contribution in [2.24, 2.45) is 5.92 Å². The van der Waals surface area contributed by atoms with Crippen molar-refractivity contribution >= 4 is 17.6 Å². The second kappa shape index (κ2) is 6.61. The van der Waals surface area contributed by atoms with Crippen molar-refractivity contribution in [2.45, 2.75) is 26.7 Å². The molecule has 0 aromatic heterocycles. The zero-order valence-corrected chi connectivity index (χ0v) is 12.6. The normalized spacial score (nSPS) is 14.8. The molecule has 0 bridgehead atoms. The Labute approximate surface area is 125 Å². The van der Waals surface area contributed by atoms with Gasteiger partial charge in [-0.15, -0.1) is 0 Å². The fourth-order valence-electron chi connectivity index (χ4n) is 2.65. The summed E-state index contributed by atoms with van der Waals surface area (Å²) in [6.45, 7) is 5.17. The van der Waals surface area contributed by atoms with Crippen LogP contribution in [0.25, 0.3) is 0 Å². The molecule has 5 nitrogen and oxygen atoms in total. The van der Waals surface area contributed by atoms with Crippen LogP contribution in [0.15, 0.2) is 18.2 Å². The molecule has 1 aromatic carbocycles. The third kappa shape index (κ3) is 3.35. The standard InChI is InChI=1S/C16H22N2O3/c1-3-18(10-11(2)16(20)21)15(19)13-6-4-8-14-12(13)7-5-9-17-14/h4,6,8,11,17H,3,5,7,9-10H2,1-2H3,(H,20,21). The van der Waals surface area contributed by atoms with E-state index in [9.17, 15) is 9.59 Å². The molecule has 21 heavy (non-hydrogen) atoms. The fraction of sp³-hybridized carbons (Fsp3) is 0.500. The van der Waals surface area contributed by atoms with E-state index in [-0.39, 0.29) is 12.5 Å². The van der Waals surface area contributed by atoms with Crippen molar-refractivity contribution in [2.75, 3.05) is 25.0 Å². The largest absolute Gasteiger partial charge is 0.481 e. The summed E-state index contributed by atoms with van der Waals surface area (Å²) < 4.78 is 0. The fourth-order valence-corrected chi connectivity index (χ4v) is 2.65. The highest BCUT2D eigenvalue weighted by Gasteiger charge is 2.24. The number of carbonyl (C=O) groups is 2. The van der Waals surface area contributed by atoms with Crippen molar-refractivity contribution in [3.8, 4) is 0 Å². The van der Waals surface area contributed by atoms with Crippen molar-refractivity contribution in [1.29, 1.82) is 0 Å². The molecule has 1 unspecified atom stereocenters. The topological polar surface area (TPSA) is 69.6 Å². The molecule has 1 aliphatic heterocycles. The molecule has 114 valence electrons. The van der Waals surface area contributed by atoms with Crippen LogP contribution >= 0.6 is 0 Å². The van der Waals surface area contributed by atoms with E-state index in [2.05, 4.69) is 5.32 Å². The molecule has 0 spiro atoms. The van der Waals surface area contributed by atoms with Gasteiger partial charge in [-0.3, -0.25) is 9.59 Å². The molecule has 2 rings (SSSR count). The van der Waals surface area contributed by atoms with Gasteiger partial charge in [0, 0.05) is 30.9 Å². The Hall–Kier alpha value is -2.04. The monoisotopic (exact) mass is 290 g/mol. The lowest BCUT2D eigenvalue weighted by atomic mass is 9.96. The highest BCUT2D eigenvalue weighted by Crippen LogP contribution is 2.26. The number of carboxylic acid groups (broad SMARTS) is 1. The summed E-state index contributed by atoms with van der Waals surface area (Å²) in [5.74, 6) is -1.52. The number of carboxylic acids is 1. The van der Waals surface area contributed by atoms with Crippen LogP contribution in [0.4, 0.5) is 5.69 Å². The molecule has 0 fully saturated rings. The Kier molecular flexibility index (Phi) is 4.83. The Bertz CT molecular complexity index is 542. The SMILES string of the molecule is CCN(CC(C)C(=O)O)C(=O)c1cccc2c1CCCN2. The minimum Gasteiger partial charge on any atom is -0.481 e. The second-order valence-electron chi connectivity index (χ2n) is 5.45. The van der Waals surface area contributed by atoms with Crippen LogP contribution in [0.3, 0.4) is 0 Å². The molecular weight excluding hydrogens is 268 g/mol. The first-order valence-corrected chi connectivity index (χ1v) is 7.42. The van der Waals surface area contributed by atoms with Gasteiger partial charge in [-0.25, -0.2) is 0 Å². The number of nitrogens with zero attached hydrogens (tertiary/aromatic N) is 1. The van der Waals surface area contributed by atoms with Crippen LogP contribution < -0.4 is 5.32 Å². The van der Waals surface area contributed by atoms with E-state index in [1.165, 1.54) is 0 Å². The van der Waals surface area contributed by atoms with Crippen molar-refractivity contribution in [1.82, 2.24) is 4.90 Å². The summed E-state index contributed by atoms with van der Waals surface area (Å²) in [5.41, 5.74) is 2.77. The highest BCUT2D eigenvalue weighted by molar-refractivity contribution is 5.97. The lowest BCUT2D eigenvalue weighted by molar-refractivity contribution is -0.141. The molecular formula is C16H22N2O3. The summed E-state index contributed by atoms with van der Waals surface area (Å²) in [7, 11) is 0. The average molecular weight is 290 g/mol. The molecule has 1 atom stereocenters. The molecule has 0 aliphatic carbocycles. The Morgan fingerprint density at radius 2 is 2.19 bits per heavy atom. The number of rotatable bonds is 5. The van der Waals surface area contributed by atoms with Gasteiger partial charge in [0.2, 0.25) is 0 Å². The average Bonchev–Trinajstić information content (AvgIpc) is 2.51. The summed E-state index contributed by atoms with van der Waals surface area (Å²) in [5, 5.41) is 12.3. The number of hydrogen-bond donors (Lipinski definition) is 2. The van der Waals surface area contributed by atoms with Gasteiger partial charge >= 0.3 is 5.97 Å². The first kappa shape index (κ1) is 15.4. The van der Waals surface area contributed by atoms with Gasteiger partial charge < -0.3 is 15.3 Å². The number of amides is 1. The van der Waals surface area contributed by atoms with E-state index < -0.39 is 11.9 Å². The predicted molar refractivity (Wildman–Crippen MR) is 81.6 cm³/mol. The van der Waals surface area contributed by atoms with E-state index in [0.29, 0.717) is 12.1 Å². The molecule has 1 aromatic rings. The molecule has 1 aliphatic rings. The maximum absolute atomic E-state index is 12.7. The van der Waals surface area contributed by atoms with Gasteiger partial charge in [0.1, 0.15) is 0 Å². The van der Waals surface area contributed by atoms with E-state index >= 15 is 0 Å². The van der Waals surface area contributed by atoms with Gasteiger partial charge in [-0.2, -0.15) is 0 Å². The smallest absolute Gasteiger partial charge is 0.308 e. The number of benzene rings is 1. The summed E-state index contributed by atoms with van der Waals surface area (Å²) in [6, 6.07) is 5.70. The van der Waals surface area contributed by atoms with E-state index in [1.54, 1.807) is 11.8 Å². The lowest BCUT2D eigenvalue weighted by Gasteiger charge is -2.26. The van der Waals surface area contributed by atoms with Gasteiger partial charge in [-0.05, 0) is 37.5 Å². The maximum atomic E-state index is 12.7. The number of carbonyl (C=O) groups excluding carboxylic acids is 1. The first-order valence-electron chi connectivity index (χ1n) is 7.42. The quantitative estimate of drug-likeness (QED) is 0.872. The molecule has 0 saturated carbocycles. The van der Waals surface area contributed by atoms with Crippen molar-refractivity contribution < 1.29 is 14.7 Å². The van der Waals surface area contributed by atoms with Crippen LogP contribution in [0.5, 0.6) is 0 Å². The Balaban J connectivity index is 2.24. The van der Waals surface area contributed by atoms with Gasteiger partial charge in [0.05, 0.1) is 5.92 Å². The van der Waals surface area contributed by atoms with Crippen molar-refractivity contribution in [3.05, 3.63) is 29.3 Å². The maximum Gasteiger partial charge on any atom is 0.308 e. The Morgan fingerprint density at radius 1 is 1.43 bits per heavy atom.